The highest BCUT2D eigenvalue weighted by Crippen LogP contribution is 2.23. The number of nitrogens with one attached hydrogen (secondary N) is 1. The number of benzene rings is 3. The second kappa shape index (κ2) is 10.0. The van der Waals surface area contributed by atoms with Gasteiger partial charge in [0.15, 0.2) is 0 Å². The van der Waals surface area contributed by atoms with Gasteiger partial charge in [-0.05, 0) is 61.0 Å². The van der Waals surface area contributed by atoms with Gasteiger partial charge in [-0.25, -0.2) is 13.1 Å². The molecule has 0 saturated carbocycles. The van der Waals surface area contributed by atoms with Gasteiger partial charge >= 0.3 is 0 Å². The maximum Gasteiger partial charge on any atom is 0.262 e. The van der Waals surface area contributed by atoms with E-state index < -0.39 is 10.0 Å². The summed E-state index contributed by atoms with van der Waals surface area (Å²) in [4.78, 5) is 14.7. The van der Waals surface area contributed by atoms with E-state index in [2.05, 4.69) is 9.82 Å². The van der Waals surface area contributed by atoms with Gasteiger partial charge in [-0.3, -0.25) is 9.52 Å². The van der Waals surface area contributed by atoms with Gasteiger partial charge in [0, 0.05) is 36.6 Å². The lowest BCUT2D eigenvalue weighted by Gasteiger charge is -2.18. The summed E-state index contributed by atoms with van der Waals surface area (Å²) < 4.78 is 35.6. The normalized spacial score (nSPS) is 11.2. The van der Waals surface area contributed by atoms with Crippen molar-refractivity contribution < 1.29 is 17.9 Å². The van der Waals surface area contributed by atoms with Crippen molar-refractivity contribution in [3.63, 3.8) is 0 Å². The van der Waals surface area contributed by atoms with Crippen LogP contribution in [-0.2, 0) is 16.6 Å². The summed E-state index contributed by atoms with van der Waals surface area (Å²) in [6.07, 6.45) is 3.57. The summed E-state index contributed by atoms with van der Waals surface area (Å²) in [5, 5.41) is 4.36. The molecule has 0 aliphatic rings. The highest BCUT2D eigenvalue weighted by molar-refractivity contribution is 7.92. The van der Waals surface area contributed by atoms with Crippen molar-refractivity contribution in [2.75, 3.05) is 18.9 Å². The van der Waals surface area contributed by atoms with Crippen molar-refractivity contribution in [3.05, 3.63) is 102 Å². The predicted molar refractivity (Wildman–Crippen MR) is 134 cm³/mol. The Morgan fingerprint density at radius 2 is 1.77 bits per heavy atom. The molecule has 0 spiro atoms. The quantitative estimate of drug-likeness (QED) is 0.398. The number of para-hydroxylation sites is 1. The molecular formula is C26H26N4O4S. The highest BCUT2D eigenvalue weighted by Gasteiger charge is 2.21. The van der Waals surface area contributed by atoms with Crippen molar-refractivity contribution in [1.29, 1.82) is 0 Å². The Balaban J connectivity index is 1.51. The number of rotatable bonds is 8. The summed E-state index contributed by atoms with van der Waals surface area (Å²) in [6, 6.07) is 20.9. The lowest BCUT2D eigenvalue weighted by Crippen LogP contribution is -2.26. The van der Waals surface area contributed by atoms with Crippen LogP contribution in [0.15, 0.2) is 90.1 Å². The molecule has 0 saturated heterocycles. The van der Waals surface area contributed by atoms with Crippen molar-refractivity contribution in [3.8, 4) is 11.4 Å². The monoisotopic (exact) mass is 490 g/mol. The number of anilines is 1. The first-order chi connectivity index (χ1) is 16.8. The van der Waals surface area contributed by atoms with Gasteiger partial charge in [0.05, 0.1) is 23.9 Å². The molecule has 1 aromatic heterocycles. The number of carbonyl (C=O) groups is 1. The molecule has 0 unspecified atom stereocenters. The van der Waals surface area contributed by atoms with Gasteiger partial charge in [-0.1, -0.05) is 24.3 Å². The first kappa shape index (κ1) is 24.0. The van der Waals surface area contributed by atoms with E-state index in [1.54, 1.807) is 61.2 Å². The number of ether oxygens (including phenoxy) is 1. The first-order valence-corrected chi connectivity index (χ1v) is 12.4. The molecule has 0 fully saturated rings. The van der Waals surface area contributed by atoms with Crippen LogP contribution in [0, 0.1) is 6.92 Å². The topological polar surface area (TPSA) is 93.5 Å². The number of aryl methyl sites for hydroxylation is 1. The molecule has 0 aliphatic carbocycles. The Morgan fingerprint density at radius 3 is 2.46 bits per heavy atom. The van der Waals surface area contributed by atoms with E-state index in [-0.39, 0.29) is 16.4 Å². The Morgan fingerprint density at radius 1 is 1.06 bits per heavy atom. The molecule has 4 aromatic rings. The molecule has 0 aliphatic heterocycles. The molecule has 3 aromatic carbocycles. The van der Waals surface area contributed by atoms with Crippen LogP contribution in [0.5, 0.6) is 5.75 Å². The number of hydrogen-bond acceptors (Lipinski definition) is 5. The SMILES string of the molecule is COc1ccc(NS(=O)(=O)c2cc(C(=O)N(C)Cc3cnn(-c4ccccc4)c3)ccc2C)cc1. The highest BCUT2D eigenvalue weighted by atomic mass is 32.2. The second-order valence-electron chi connectivity index (χ2n) is 8.10. The molecule has 0 radical (unpaired) electrons. The van der Waals surface area contributed by atoms with E-state index in [1.165, 1.54) is 18.1 Å². The van der Waals surface area contributed by atoms with E-state index >= 15 is 0 Å². The number of sulfonamides is 1. The van der Waals surface area contributed by atoms with Crippen LogP contribution in [-0.4, -0.2) is 43.2 Å². The Hall–Kier alpha value is -4.11. The van der Waals surface area contributed by atoms with Crippen molar-refractivity contribution in [2.45, 2.75) is 18.4 Å². The Kier molecular flexibility index (Phi) is 6.88. The van der Waals surface area contributed by atoms with Gasteiger partial charge in [-0.15, -0.1) is 0 Å². The molecule has 35 heavy (non-hydrogen) atoms. The molecule has 0 bridgehead atoms. The fraction of sp³-hybridized carbons (Fsp3) is 0.154. The van der Waals surface area contributed by atoms with Gasteiger partial charge < -0.3 is 9.64 Å². The van der Waals surface area contributed by atoms with Crippen LogP contribution >= 0.6 is 0 Å². The molecular weight excluding hydrogens is 464 g/mol. The number of methoxy groups -OCH3 is 1. The molecule has 1 heterocycles. The van der Waals surface area contributed by atoms with Gasteiger partial charge in [0.2, 0.25) is 0 Å². The van der Waals surface area contributed by atoms with E-state index in [0.717, 1.165) is 11.3 Å². The van der Waals surface area contributed by atoms with Crippen molar-refractivity contribution >= 4 is 21.6 Å². The number of hydrogen-bond donors (Lipinski definition) is 1. The van der Waals surface area contributed by atoms with Crippen LogP contribution in [0.2, 0.25) is 0 Å². The fourth-order valence-electron chi connectivity index (χ4n) is 3.62. The number of aromatic nitrogens is 2. The maximum absolute atomic E-state index is 13.1. The molecule has 4 rings (SSSR count). The molecule has 0 atom stereocenters. The predicted octanol–water partition coefficient (Wildman–Crippen LogP) is 4.26. The third-order valence-electron chi connectivity index (χ3n) is 5.49. The Labute approximate surface area is 204 Å². The number of nitrogens with zero attached hydrogens (tertiary/aromatic N) is 3. The van der Waals surface area contributed by atoms with E-state index in [1.807, 2.05) is 36.5 Å². The smallest absolute Gasteiger partial charge is 0.262 e. The summed E-state index contributed by atoms with van der Waals surface area (Å²) in [5.41, 5.74) is 2.99. The fourth-order valence-corrected chi connectivity index (χ4v) is 4.95. The molecule has 8 nitrogen and oxygen atoms in total. The lowest BCUT2D eigenvalue weighted by atomic mass is 10.1. The van der Waals surface area contributed by atoms with Crippen molar-refractivity contribution in [2.24, 2.45) is 0 Å². The third kappa shape index (κ3) is 5.52. The lowest BCUT2D eigenvalue weighted by molar-refractivity contribution is 0.0785. The largest absolute Gasteiger partial charge is 0.497 e. The molecule has 180 valence electrons. The average Bonchev–Trinajstić information content (AvgIpc) is 3.33. The van der Waals surface area contributed by atoms with Crippen molar-refractivity contribution in [1.82, 2.24) is 14.7 Å². The van der Waals surface area contributed by atoms with Crippen LogP contribution in [0.25, 0.3) is 5.69 Å². The van der Waals surface area contributed by atoms with E-state index in [4.69, 9.17) is 4.74 Å². The van der Waals surface area contributed by atoms with E-state index in [9.17, 15) is 13.2 Å². The summed E-state index contributed by atoms with van der Waals surface area (Å²) in [7, 11) is -0.695. The minimum Gasteiger partial charge on any atom is -0.497 e. The maximum atomic E-state index is 13.1. The van der Waals surface area contributed by atoms with Gasteiger partial charge in [0.1, 0.15) is 5.75 Å². The van der Waals surface area contributed by atoms with Gasteiger partial charge in [0.25, 0.3) is 15.9 Å². The molecule has 1 N–H and O–H groups in total. The second-order valence-corrected chi connectivity index (χ2v) is 9.76. The Bertz CT molecular complexity index is 1430. The number of carbonyl (C=O) groups excluding carboxylic acids is 1. The zero-order chi connectivity index (χ0) is 25.0. The first-order valence-electron chi connectivity index (χ1n) is 10.9. The molecule has 9 heteroatoms. The van der Waals surface area contributed by atoms with Crippen LogP contribution in [0.3, 0.4) is 0 Å². The minimum atomic E-state index is -3.91. The third-order valence-corrected chi connectivity index (χ3v) is 7.01. The van der Waals surface area contributed by atoms with Gasteiger partial charge in [-0.2, -0.15) is 5.10 Å². The summed E-state index contributed by atoms with van der Waals surface area (Å²) in [6.45, 7) is 2.02. The van der Waals surface area contributed by atoms with Crippen LogP contribution in [0.4, 0.5) is 5.69 Å². The minimum absolute atomic E-state index is 0.0458. The summed E-state index contributed by atoms with van der Waals surface area (Å²) in [5.74, 6) is 0.326. The number of amides is 1. The zero-order valence-corrected chi connectivity index (χ0v) is 20.5. The zero-order valence-electron chi connectivity index (χ0n) is 19.7. The molecule has 1 amide bonds. The van der Waals surface area contributed by atoms with Crippen LogP contribution < -0.4 is 9.46 Å². The van der Waals surface area contributed by atoms with Crippen LogP contribution in [0.1, 0.15) is 21.5 Å². The standard InChI is InChI=1S/C26H26N4O4S/c1-19-9-10-21(15-25(19)35(32,33)28-22-11-13-24(34-3)14-12-22)26(31)29(2)17-20-16-27-30(18-20)23-7-5-4-6-8-23/h4-16,18,28H,17H2,1-3H3. The summed E-state index contributed by atoms with van der Waals surface area (Å²) >= 11 is 0. The van der Waals surface area contributed by atoms with E-state index in [0.29, 0.717) is 23.5 Å². The average molecular weight is 491 g/mol.